The first kappa shape index (κ1) is 18.1. The van der Waals surface area contributed by atoms with Crippen LogP contribution < -0.4 is 15.8 Å². The molecule has 138 valence electrons. The molecule has 0 radical (unpaired) electrons. The van der Waals surface area contributed by atoms with Crippen molar-refractivity contribution in [3.05, 3.63) is 29.8 Å². The number of benzene rings is 1. The van der Waals surface area contributed by atoms with Gasteiger partial charge in [-0.3, -0.25) is 4.99 Å². The number of rotatable bonds is 5. The summed E-state index contributed by atoms with van der Waals surface area (Å²) >= 11 is 0. The monoisotopic (exact) mass is 345 g/mol. The molecule has 1 aliphatic heterocycles. The lowest BCUT2D eigenvalue weighted by molar-refractivity contribution is 0.0531. The average molecular weight is 345 g/mol. The van der Waals surface area contributed by atoms with E-state index in [1.807, 2.05) is 12.1 Å². The topological polar surface area (TPSA) is 68.9 Å². The molecule has 3 rings (SSSR count). The fourth-order valence-corrected chi connectivity index (χ4v) is 3.98. The molecule has 2 aliphatic rings. The van der Waals surface area contributed by atoms with E-state index in [9.17, 15) is 0 Å². The van der Waals surface area contributed by atoms with E-state index in [1.54, 1.807) is 7.11 Å². The van der Waals surface area contributed by atoms with Crippen LogP contribution in [0.15, 0.2) is 29.3 Å². The Labute approximate surface area is 151 Å². The third-order valence-corrected chi connectivity index (χ3v) is 5.66. The molecule has 1 aromatic carbocycles. The van der Waals surface area contributed by atoms with Gasteiger partial charge in [0.2, 0.25) is 0 Å². The van der Waals surface area contributed by atoms with Crippen LogP contribution in [0.4, 0.5) is 0 Å². The van der Waals surface area contributed by atoms with E-state index in [1.165, 1.54) is 37.7 Å². The third-order valence-electron chi connectivity index (χ3n) is 5.66. The van der Waals surface area contributed by atoms with Gasteiger partial charge in [-0.25, -0.2) is 0 Å². The van der Waals surface area contributed by atoms with Crippen molar-refractivity contribution in [1.29, 1.82) is 0 Å². The Balaban J connectivity index is 1.70. The number of ether oxygens (including phenoxy) is 2. The second-order valence-electron chi connectivity index (χ2n) is 7.30. The highest BCUT2D eigenvalue weighted by molar-refractivity contribution is 5.78. The van der Waals surface area contributed by atoms with E-state index in [0.29, 0.717) is 18.5 Å². The number of aliphatic imine (C=N–C) groups is 1. The highest BCUT2D eigenvalue weighted by atomic mass is 16.5. The number of nitrogens with two attached hydrogens (primary N) is 1. The van der Waals surface area contributed by atoms with Crippen LogP contribution in [0.2, 0.25) is 0 Å². The second kappa shape index (κ2) is 8.56. The van der Waals surface area contributed by atoms with Crippen molar-refractivity contribution in [2.45, 2.75) is 56.4 Å². The molecule has 0 atom stereocenters. The van der Waals surface area contributed by atoms with Crippen molar-refractivity contribution in [1.82, 2.24) is 5.32 Å². The fourth-order valence-electron chi connectivity index (χ4n) is 3.98. The first-order valence-corrected chi connectivity index (χ1v) is 9.51. The molecule has 2 fully saturated rings. The summed E-state index contributed by atoms with van der Waals surface area (Å²) in [5.74, 6) is 1.47. The van der Waals surface area contributed by atoms with Crippen LogP contribution in [0.3, 0.4) is 0 Å². The first-order chi connectivity index (χ1) is 12.2. The standard InChI is InChI=1S/C20H31N3O2/c1-24-18-9-7-16(8-10-18)20(11-13-25-14-12-20)15-22-19(21)23-17-5-3-2-4-6-17/h7-10,17H,2-6,11-15H2,1H3,(H3,21,22,23). The molecule has 1 saturated heterocycles. The van der Waals surface area contributed by atoms with Gasteiger partial charge in [0.25, 0.3) is 0 Å². The summed E-state index contributed by atoms with van der Waals surface area (Å²) in [6, 6.07) is 8.86. The number of hydrogen-bond acceptors (Lipinski definition) is 3. The summed E-state index contributed by atoms with van der Waals surface area (Å²) in [5, 5.41) is 3.42. The van der Waals surface area contributed by atoms with Crippen LogP contribution in [0.25, 0.3) is 0 Å². The van der Waals surface area contributed by atoms with Gasteiger partial charge in [-0.2, -0.15) is 0 Å². The van der Waals surface area contributed by atoms with E-state index in [0.717, 1.165) is 31.8 Å². The van der Waals surface area contributed by atoms with Crippen molar-refractivity contribution in [2.24, 2.45) is 10.7 Å². The van der Waals surface area contributed by atoms with Crippen LogP contribution in [0.1, 0.15) is 50.5 Å². The minimum Gasteiger partial charge on any atom is -0.497 e. The predicted octanol–water partition coefficient (Wildman–Crippen LogP) is 2.98. The Morgan fingerprint density at radius 1 is 1.20 bits per heavy atom. The van der Waals surface area contributed by atoms with Gasteiger partial charge in [0.1, 0.15) is 5.75 Å². The lowest BCUT2D eigenvalue weighted by atomic mass is 9.74. The molecule has 5 nitrogen and oxygen atoms in total. The largest absolute Gasteiger partial charge is 0.497 e. The summed E-state index contributed by atoms with van der Waals surface area (Å²) in [6.07, 6.45) is 8.27. The summed E-state index contributed by atoms with van der Waals surface area (Å²) in [6.45, 7) is 2.25. The van der Waals surface area contributed by atoms with E-state index in [2.05, 4.69) is 17.4 Å². The molecule has 0 bridgehead atoms. The molecule has 0 aromatic heterocycles. The van der Waals surface area contributed by atoms with Crippen molar-refractivity contribution in [3.63, 3.8) is 0 Å². The van der Waals surface area contributed by atoms with Gasteiger partial charge in [0.05, 0.1) is 13.7 Å². The lowest BCUT2D eigenvalue weighted by Crippen LogP contribution is -2.43. The Morgan fingerprint density at radius 3 is 2.52 bits per heavy atom. The molecule has 1 aromatic rings. The lowest BCUT2D eigenvalue weighted by Gasteiger charge is -2.36. The third kappa shape index (κ3) is 4.66. The molecule has 25 heavy (non-hydrogen) atoms. The molecular formula is C20H31N3O2. The van der Waals surface area contributed by atoms with Crippen molar-refractivity contribution in [2.75, 3.05) is 26.9 Å². The normalized spacial score (nSPS) is 21.7. The molecule has 0 unspecified atom stereocenters. The zero-order valence-corrected chi connectivity index (χ0v) is 15.3. The fraction of sp³-hybridized carbons (Fsp3) is 0.650. The van der Waals surface area contributed by atoms with Gasteiger partial charge in [0, 0.05) is 24.7 Å². The van der Waals surface area contributed by atoms with Crippen LogP contribution in [0.5, 0.6) is 5.75 Å². The minimum atomic E-state index is 0.00336. The maximum absolute atomic E-state index is 6.19. The van der Waals surface area contributed by atoms with Gasteiger partial charge in [-0.15, -0.1) is 0 Å². The number of methoxy groups -OCH3 is 1. The Morgan fingerprint density at radius 2 is 1.88 bits per heavy atom. The van der Waals surface area contributed by atoms with E-state index < -0.39 is 0 Å². The van der Waals surface area contributed by atoms with E-state index in [-0.39, 0.29) is 5.41 Å². The van der Waals surface area contributed by atoms with Gasteiger partial charge in [-0.05, 0) is 43.4 Å². The highest BCUT2D eigenvalue weighted by Gasteiger charge is 2.34. The van der Waals surface area contributed by atoms with Gasteiger partial charge < -0.3 is 20.5 Å². The first-order valence-electron chi connectivity index (χ1n) is 9.51. The zero-order valence-electron chi connectivity index (χ0n) is 15.3. The van der Waals surface area contributed by atoms with Crippen molar-refractivity contribution in [3.8, 4) is 5.75 Å². The van der Waals surface area contributed by atoms with Gasteiger partial charge in [-0.1, -0.05) is 31.4 Å². The SMILES string of the molecule is COc1ccc(C2(CN=C(N)NC3CCCCC3)CCOCC2)cc1. The molecule has 1 saturated carbocycles. The molecule has 0 spiro atoms. The molecule has 3 N–H and O–H groups in total. The summed E-state index contributed by atoms with van der Waals surface area (Å²) in [5.41, 5.74) is 7.49. The summed E-state index contributed by atoms with van der Waals surface area (Å²) in [4.78, 5) is 4.73. The zero-order chi connectivity index (χ0) is 17.5. The predicted molar refractivity (Wildman–Crippen MR) is 101 cm³/mol. The van der Waals surface area contributed by atoms with E-state index in [4.69, 9.17) is 20.2 Å². The van der Waals surface area contributed by atoms with Crippen LogP contribution >= 0.6 is 0 Å². The molecule has 0 amide bonds. The molecule has 5 heteroatoms. The number of guanidine groups is 1. The Bertz CT molecular complexity index is 559. The van der Waals surface area contributed by atoms with Crippen LogP contribution in [0, 0.1) is 0 Å². The quantitative estimate of drug-likeness (QED) is 0.636. The van der Waals surface area contributed by atoms with E-state index >= 15 is 0 Å². The highest BCUT2D eigenvalue weighted by Crippen LogP contribution is 2.36. The van der Waals surface area contributed by atoms with Crippen LogP contribution in [-0.2, 0) is 10.2 Å². The summed E-state index contributed by atoms with van der Waals surface area (Å²) < 4.78 is 10.9. The average Bonchev–Trinajstić information content (AvgIpc) is 2.68. The maximum Gasteiger partial charge on any atom is 0.188 e. The smallest absolute Gasteiger partial charge is 0.188 e. The second-order valence-corrected chi connectivity index (χ2v) is 7.30. The van der Waals surface area contributed by atoms with Crippen molar-refractivity contribution < 1.29 is 9.47 Å². The maximum atomic E-state index is 6.19. The summed E-state index contributed by atoms with van der Waals surface area (Å²) in [7, 11) is 1.70. The number of nitrogens with one attached hydrogen (secondary N) is 1. The Hall–Kier alpha value is -1.75. The molecule has 1 aliphatic carbocycles. The van der Waals surface area contributed by atoms with Crippen molar-refractivity contribution >= 4 is 5.96 Å². The van der Waals surface area contributed by atoms with Gasteiger partial charge in [0.15, 0.2) is 5.96 Å². The minimum absolute atomic E-state index is 0.00336. The van der Waals surface area contributed by atoms with Crippen LogP contribution in [-0.4, -0.2) is 38.9 Å². The molecular weight excluding hydrogens is 314 g/mol. The van der Waals surface area contributed by atoms with Gasteiger partial charge >= 0.3 is 0 Å². The number of nitrogens with zero attached hydrogens (tertiary/aromatic N) is 1. The number of hydrogen-bond donors (Lipinski definition) is 2. The Kier molecular flexibility index (Phi) is 6.19. The molecule has 1 heterocycles.